The van der Waals surface area contributed by atoms with Crippen LogP contribution in [0.25, 0.3) is 0 Å². The molecule has 0 radical (unpaired) electrons. The summed E-state index contributed by atoms with van der Waals surface area (Å²) >= 11 is 1.55. The van der Waals surface area contributed by atoms with E-state index in [4.69, 9.17) is 4.74 Å². The van der Waals surface area contributed by atoms with Gasteiger partial charge in [0.2, 0.25) is 5.91 Å². The highest BCUT2D eigenvalue weighted by molar-refractivity contribution is 7.99. The molecule has 0 saturated heterocycles. The maximum atomic E-state index is 12.0. The van der Waals surface area contributed by atoms with E-state index in [1.54, 1.807) is 18.9 Å². The van der Waals surface area contributed by atoms with Gasteiger partial charge in [-0.25, -0.2) is 4.68 Å². The molecule has 0 atom stereocenters. The number of nitrogens with zero attached hydrogens (tertiary/aromatic N) is 4. The van der Waals surface area contributed by atoms with E-state index in [1.165, 1.54) is 12.8 Å². The lowest BCUT2D eigenvalue weighted by molar-refractivity contribution is -0.118. The van der Waals surface area contributed by atoms with Crippen LogP contribution < -0.4 is 10.1 Å². The molecule has 0 spiro atoms. The molecular formula is C18H25N5O2S. The molecule has 1 fully saturated rings. The van der Waals surface area contributed by atoms with E-state index in [1.807, 2.05) is 28.9 Å². The lowest BCUT2D eigenvalue weighted by Crippen LogP contribution is -2.27. The fraction of sp³-hybridized carbons (Fsp3) is 0.556. The molecule has 1 aliphatic rings. The number of rotatable bonds is 9. The molecule has 26 heavy (non-hydrogen) atoms. The molecule has 1 aliphatic carbocycles. The summed E-state index contributed by atoms with van der Waals surface area (Å²) in [5.41, 5.74) is 1.15. The minimum absolute atomic E-state index is 0.0396. The molecule has 3 rings (SSSR count). The van der Waals surface area contributed by atoms with E-state index in [2.05, 4.69) is 20.8 Å². The van der Waals surface area contributed by atoms with Crippen molar-refractivity contribution in [3.05, 3.63) is 35.7 Å². The van der Waals surface area contributed by atoms with E-state index in [0.29, 0.717) is 24.1 Å². The van der Waals surface area contributed by atoms with E-state index >= 15 is 0 Å². The Labute approximate surface area is 157 Å². The van der Waals surface area contributed by atoms with Gasteiger partial charge in [0.25, 0.3) is 0 Å². The summed E-state index contributed by atoms with van der Waals surface area (Å²) in [7, 11) is 1.65. The average Bonchev–Trinajstić information content (AvgIpc) is 3.33. The molecule has 0 bridgehead atoms. The van der Waals surface area contributed by atoms with Crippen LogP contribution in [0.4, 0.5) is 0 Å². The summed E-state index contributed by atoms with van der Waals surface area (Å²) in [5.74, 6) is 2.82. The molecule has 1 aromatic heterocycles. The molecular weight excluding hydrogens is 350 g/mol. The van der Waals surface area contributed by atoms with Crippen molar-refractivity contribution in [1.82, 2.24) is 25.5 Å². The lowest BCUT2D eigenvalue weighted by atomic mass is 10.1. The standard InChI is InChI=1S/C18H25N5O2S/c1-25-16-8-4-5-14(11-16)9-10-19-18(24)13-26-12-17-20-21-22-23(17)15-6-2-3-7-15/h4-5,8,11,15H,2-3,6-7,9-10,12-13H2,1H3,(H,19,24). The highest BCUT2D eigenvalue weighted by atomic mass is 32.2. The van der Waals surface area contributed by atoms with Crippen molar-refractivity contribution in [2.45, 2.75) is 43.9 Å². The van der Waals surface area contributed by atoms with Crippen LogP contribution in [0.1, 0.15) is 43.1 Å². The van der Waals surface area contributed by atoms with Gasteiger partial charge in [0.05, 0.1) is 24.7 Å². The summed E-state index contributed by atoms with van der Waals surface area (Å²) in [5, 5.41) is 15.0. The van der Waals surface area contributed by atoms with Crippen LogP contribution in [0, 0.1) is 0 Å². The van der Waals surface area contributed by atoms with Gasteiger partial charge in [0, 0.05) is 6.54 Å². The number of tetrazole rings is 1. The van der Waals surface area contributed by atoms with Crippen LogP contribution in [-0.4, -0.2) is 45.5 Å². The predicted octanol–water partition coefficient (Wildman–Crippen LogP) is 2.39. The number of aromatic nitrogens is 4. The number of thioether (sulfide) groups is 1. The number of carbonyl (C=O) groups is 1. The summed E-state index contributed by atoms with van der Waals surface area (Å²) in [6.07, 6.45) is 5.56. The fourth-order valence-electron chi connectivity index (χ4n) is 3.20. The Balaban J connectivity index is 1.36. The number of hydrogen-bond donors (Lipinski definition) is 1. The van der Waals surface area contributed by atoms with Gasteiger partial charge in [-0.15, -0.1) is 16.9 Å². The van der Waals surface area contributed by atoms with E-state index < -0.39 is 0 Å². The van der Waals surface area contributed by atoms with Crippen LogP contribution in [0.3, 0.4) is 0 Å². The molecule has 1 saturated carbocycles. The topological polar surface area (TPSA) is 81.9 Å². The lowest BCUT2D eigenvalue weighted by Gasteiger charge is -2.11. The van der Waals surface area contributed by atoms with Gasteiger partial charge in [-0.3, -0.25) is 4.79 Å². The molecule has 2 aromatic rings. The van der Waals surface area contributed by atoms with Crippen molar-refractivity contribution in [3.8, 4) is 5.75 Å². The summed E-state index contributed by atoms with van der Waals surface area (Å²) in [4.78, 5) is 12.0. The second kappa shape index (κ2) is 9.56. The summed E-state index contributed by atoms with van der Waals surface area (Å²) < 4.78 is 7.15. The van der Waals surface area contributed by atoms with Gasteiger partial charge in [0.15, 0.2) is 5.82 Å². The zero-order valence-corrected chi connectivity index (χ0v) is 15.9. The molecule has 140 valence electrons. The maximum absolute atomic E-state index is 12.0. The number of carbonyl (C=O) groups excluding carboxylic acids is 1. The van der Waals surface area contributed by atoms with Crippen LogP contribution in [0.15, 0.2) is 24.3 Å². The summed E-state index contributed by atoms with van der Waals surface area (Å²) in [6, 6.07) is 8.33. The number of hydrogen-bond acceptors (Lipinski definition) is 6. The van der Waals surface area contributed by atoms with Crippen molar-refractivity contribution in [2.75, 3.05) is 19.4 Å². The third-order valence-corrected chi connectivity index (χ3v) is 5.49. The third kappa shape index (κ3) is 5.20. The molecule has 0 unspecified atom stereocenters. The molecule has 8 heteroatoms. The SMILES string of the molecule is COc1cccc(CCNC(=O)CSCc2nnnn2C2CCCC2)c1. The van der Waals surface area contributed by atoms with Crippen molar-refractivity contribution in [2.24, 2.45) is 0 Å². The normalized spacial score (nSPS) is 14.5. The average molecular weight is 375 g/mol. The summed E-state index contributed by atoms with van der Waals surface area (Å²) in [6.45, 7) is 0.617. The Kier molecular flexibility index (Phi) is 6.88. The van der Waals surface area contributed by atoms with E-state index in [9.17, 15) is 4.79 Å². The minimum Gasteiger partial charge on any atom is -0.497 e. The molecule has 1 N–H and O–H groups in total. The largest absolute Gasteiger partial charge is 0.497 e. The second-order valence-electron chi connectivity index (χ2n) is 6.42. The molecule has 1 heterocycles. The monoisotopic (exact) mass is 375 g/mol. The van der Waals surface area contributed by atoms with Gasteiger partial charge in [-0.2, -0.15) is 0 Å². The van der Waals surface area contributed by atoms with Crippen LogP contribution >= 0.6 is 11.8 Å². The first kappa shape index (κ1) is 18.7. The van der Waals surface area contributed by atoms with Gasteiger partial charge in [-0.1, -0.05) is 25.0 Å². The van der Waals surface area contributed by atoms with Crippen LogP contribution in [0.2, 0.25) is 0 Å². The van der Waals surface area contributed by atoms with Gasteiger partial charge >= 0.3 is 0 Å². The Bertz CT molecular complexity index is 715. The Hall–Kier alpha value is -2.09. The number of benzene rings is 1. The minimum atomic E-state index is 0.0396. The highest BCUT2D eigenvalue weighted by Gasteiger charge is 2.21. The van der Waals surface area contributed by atoms with Crippen LogP contribution in [-0.2, 0) is 17.0 Å². The number of ether oxygens (including phenoxy) is 1. The van der Waals surface area contributed by atoms with Gasteiger partial charge in [0.1, 0.15) is 5.75 Å². The van der Waals surface area contributed by atoms with Crippen LogP contribution in [0.5, 0.6) is 5.75 Å². The fourth-order valence-corrected chi connectivity index (χ4v) is 3.96. The smallest absolute Gasteiger partial charge is 0.230 e. The Morgan fingerprint density at radius 2 is 2.23 bits per heavy atom. The van der Waals surface area contributed by atoms with Crippen molar-refractivity contribution in [1.29, 1.82) is 0 Å². The zero-order valence-electron chi connectivity index (χ0n) is 15.1. The Morgan fingerprint density at radius 1 is 1.38 bits per heavy atom. The molecule has 0 aliphatic heterocycles. The molecule has 1 aromatic carbocycles. The first-order valence-corrected chi connectivity index (χ1v) is 10.2. The first-order valence-electron chi connectivity index (χ1n) is 9.00. The van der Waals surface area contributed by atoms with Crippen molar-refractivity contribution >= 4 is 17.7 Å². The maximum Gasteiger partial charge on any atom is 0.230 e. The second-order valence-corrected chi connectivity index (χ2v) is 7.41. The van der Waals surface area contributed by atoms with E-state index in [0.717, 1.165) is 36.4 Å². The third-order valence-electron chi connectivity index (χ3n) is 4.57. The van der Waals surface area contributed by atoms with Crippen molar-refractivity contribution < 1.29 is 9.53 Å². The highest BCUT2D eigenvalue weighted by Crippen LogP contribution is 2.29. The first-order chi connectivity index (χ1) is 12.8. The molecule has 7 nitrogen and oxygen atoms in total. The number of nitrogens with one attached hydrogen (secondary N) is 1. The Morgan fingerprint density at radius 3 is 3.04 bits per heavy atom. The van der Waals surface area contributed by atoms with Crippen molar-refractivity contribution in [3.63, 3.8) is 0 Å². The number of methoxy groups -OCH3 is 1. The quantitative estimate of drug-likeness (QED) is 0.725. The van der Waals surface area contributed by atoms with E-state index in [-0.39, 0.29) is 5.91 Å². The van der Waals surface area contributed by atoms with Gasteiger partial charge < -0.3 is 10.1 Å². The molecule has 1 amide bonds. The zero-order chi connectivity index (χ0) is 18.2. The predicted molar refractivity (Wildman–Crippen MR) is 101 cm³/mol. The van der Waals surface area contributed by atoms with Gasteiger partial charge in [-0.05, 0) is 47.4 Å². The number of amides is 1.